The first-order valence-electron chi connectivity index (χ1n) is 5.77. The van der Waals surface area contributed by atoms with E-state index in [4.69, 9.17) is 0 Å². The van der Waals surface area contributed by atoms with Crippen LogP contribution in [0.4, 0.5) is 0 Å². The SMILES string of the molecule is Cc1cc(C)n2c(C(C)(C)C)c(C)nc2c1. The van der Waals surface area contributed by atoms with Crippen LogP contribution in [0.3, 0.4) is 0 Å². The van der Waals surface area contributed by atoms with Gasteiger partial charge in [0.15, 0.2) is 0 Å². The molecule has 0 amide bonds. The average molecular weight is 216 g/mol. The van der Waals surface area contributed by atoms with Crippen LogP contribution >= 0.6 is 0 Å². The molecule has 0 aromatic carbocycles. The number of pyridine rings is 1. The van der Waals surface area contributed by atoms with E-state index in [0.29, 0.717) is 0 Å². The fraction of sp³-hybridized carbons (Fsp3) is 0.500. The second-order valence-corrected chi connectivity index (χ2v) is 5.66. The van der Waals surface area contributed by atoms with Gasteiger partial charge in [-0.3, -0.25) is 0 Å². The maximum absolute atomic E-state index is 4.66. The molecule has 0 aliphatic heterocycles. The molecule has 16 heavy (non-hydrogen) atoms. The first kappa shape index (κ1) is 11.2. The van der Waals surface area contributed by atoms with E-state index >= 15 is 0 Å². The van der Waals surface area contributed by atoms with Gasteiger partial charge in [0.1, 0.15) is 5.65 Å². The second kappa shape index (κ2) is 3.34. The topological polar surface area (TPSA) is 17.3 Å². The number of hydrogen-bond donors (Lipinski definition) is 0. The Morgan fingerprint density at radius 1 is 1.06 bits per heavy atom. The summed E-state index contributed by atoms with van der Waals surface area (Å²) in [6.07, 6.45) is 0. The van der Waals surface area contributed by atoms with Gasteiger partial charge in [0.05, 0.1) is 11.4 Å². The van der Waals surface area contributed by atoms with Gasteiger partial charge in [0.2, 0.25) is 0 Å². The fourth-order valence-electron chi connectivity index (χ4n) is 2.52. The lowest BCUT2D eigenvalue weighted by molar-refractivity contribution is 0.557. The molecule has 0 radical (unpaired) electrons. The summed E-state index contributed by atoms with van der Waals surface area (Å²) >= 11 is 0. The predicted octanol–water partition coefficient (Wildman–Crippen LogP) is 3.56. The third kappa shape index (κ3) is 1.62. The van der Waals surface area contributed by atoms with Crippen LogP contribution in [-0.2, 0) is 5.41 Å². The smallest absolute Gasteiger partial charge is 0.137 e. The zero-order valence-electron chi connectivity index (χ0n) is 11.0. The van der Waals surface area contributed by atoms with E-state index in [2.05, 4.69) is 63.1 Å². The zero-order valence-corrected chi connectivity index (χ0v) is 11.0. The Morgan fingerprint density at radius 3 is 2.25 bits per heavy atom. The molecule has 2 aromatic heterocycles. The lowest BCUT2D eigenvalue weighted by Crippen LogP contribution is -2.16. The Hall–Kier alpha value is -1.31. The molecular formula is C14H20N2. The summed E-state index contributed by atoms with van der Waals surface area (Å²) in [4.78, 5) is 4.66. The van der Waals surface area contributed by atoms with Crippen LogP contribution in [0, 0.1) is 20.8 Å². The lowest BCUT2D eigenvalue weighted by atomic mass is 9.90. The van der Waals surface area contributed by atoms with Gasteiger partial charge in [-0.05, 0) is 38.5 Å². The van der Waals surface area contributed by atoms with Crippen molar-refractivity contribution < 1.29 is 0 Å². The molecule has 2 nitrogen and oxygen atoms in total. The lowest BCUT2D eigenvalue weighted by Gasteiger charge is -2.20. The zero-order chi connectivity index (χ0) is 12.1. The van der Waals surface area contributed by atoms with Gasteiger partial charge in [-0.15, -0.1) is 0 Å². The van der Waals surface area contributed by atoms with Crippen LogP contribution in [0.2, 0.25) is 0 Å². The number of imidazole rings is 1. The average Bonchev–Trinajstić information content (AvgIpc) is 2.39. The largest absolute Gasteiger partial charge is 0.301 e. The molecule has 2 heterocycles. The standard InChI is InChI=1S/C14H20N2/c1-9-7-10(2)16-12(8-9)15-11(3)13(16)14(4,5)6/h7-8H,1-6H3. The highest BCUT2D eigenvalue weighted by Gasteiger charge is 2.22. The van der Waals surface area contributed by atoms with Crippen molar-refractivity contribution >= 4 is 5.65 Å². The Kier molecular flexibility index (Phi) is 2.33. The van der Waals surface area contributed by atoms with E-state index < -0.39 is 0 Å². The van der Waals surface area contributed by atoms with Crippen LogP contribution in [0.1, 0.15) is 43.4 Å². The van der Waals surface area contributed by atoms with Crippen molar-refractivity contribution in [2.45, 2.75) is 47.0 Å². The highest BCUT2D eigenvalue weighted by molar-refractivity contribution is 5.49. The van der Waals surface area contributed by atoms with Gasteiger partial charge in [0, 0.05) is 11.1 Å². The molecular weight excluding hydrogens is 196 g/mol. The number of aryl methyl sites for hydroxylation is 3. The molecule has 0 unspecified atom stereocenters. The molecule has 0 atom stereocenters. The van der Waals surface area contributed by atoms with E-state index in [0.717, 1.165) is 11.3 Å². The second-order valence-electron chi connectivity index (χ2n) is 5.66. The molecule has 2 heteroatoms. The van der Waals surface area contributed by atoms with Crippen LogP contribution in [-0.4, -0.2) is 9.38 Å². The van der Waals surface area contributed by atoms with E-state index in [9.17, 15) is 0 Å². The first-order valence-corrected chi connectivity index (χ1v) is 5.77. The van der Waals surface area contributed by atoms with E-state index in [-0.39, 0.29) is 5.41 Å². The Bertz CT molecular complexity index is 542. The van der Waals surface area contributed by atoms with E-state index in [1.165, 1.54) is 17.0 Å². The van der Waals surface area contributed by atoms with Crippen LogP contribution in [0.25, 0.3) is 5.65 Å². The molecule has 2 rings (SSSR count). The summed E-state index contributed by atoms with van der Waals surface area (Å²) in [5.74, 6) is 0. The van der Waals surface area contributed by atoms with Crippen LogP contribution in [0.5, 0.6) is 0 Å². The van der Waals surface area contributed by atoms with Gasteiger partial charge in [0.25, 0.3) is 0 Å². The summed E-state index contributed by atoms with van der Waals surface area (Å²) in [6.45, 7) is 13.1. The van der Waals surface area contributed by atoms with E-state index in [1.54, 1.807) is 0 Å². The van der Waals surface area contributed by atoms with Gasteiger partial charge in [-0.1, -0.05) is 20.8 Å². The number of fused-ring (bicyclic) bond motifs is 1. The van der Waals surface area contributed by atoms with Crippen molar-refractivity contribution in [2.75, 3.05) is 0 Å². The summed E-state index contributed by atoms with van der Waals surface area (Å²) in [7, 11) is 0. The van der Waals surface area contributed by atoms with E-state index in [1.807, 2.05) is 0 Å². The Labute approximate surface area is 97.3 Å². The van der Waals surface area contributed by atoms with Crippen LogP contribution < -0.4 is 0 Å². The molecule has 0 bridgehead atoms. The third-order valence-electron chi connectivity index (χ3n) is 2.93. The third-order valence-corrected chi connectivity index (χ3v) is 2.93. The maximum atomic E-state index is 4.66. The Balaban J connectivity index is 2.90. The highest BCUT2D eigenvalue weighted by atomic mass is 15.0. The molecule has 0 N–H and O–H groups in total. The summed E-state index contributed by atoms with van der Waals surface area (Å²) in [6, 6.07) is 4.36. The molecule has 86 valence electrons. The number of nitrogens with zero attached hydrogens (tertiary/aromatic N) is 2. The van der Waals surface area contributed by atoms with Crippen molar-refractivity contribution in [3.05, 3.63) is 34.8 Å². The monoisotopic (exact) mass is 216 g/mol. The van der Waals surface area contributed by atoms with Crippen LogP contribution in [0.15, 0.2) is 12.1 Å². The van der Waals surface area contributed by atoms with Crippen molar-refractivity contribution in [1.82, 2.24) is 9.38 Å². The Morgan fingerprint density at radius 2 is 1.69 bits per heavy atom. The molecule has 0 aliphatic carbocycles. The summed E-state index contributed by atoms with van der Waals surface area (Å²) in [5.41, 5.74) is 6.20. The number of hydrogen-bond acceptors (Lipinski definition) is 1. The van der Waals surface area contributed by atoms with Crippen molar-refractivity contribution in [3.63, 3.8) is 0 Å². The number of rotatable bonds is 0. The molecule has 2 aromatic rings. The summed E-state index contributed by atoms with van der Waals surface area (Å²) in [5, 5.41) is 0. The summed E-state index contributed by atoms with van der Waals surface area (Å²) < 4.78 is 2.28. The predicted molar refractivity (Wildman–Crippen MR) is 68.1 cm³/mol. The minimum atomic E-state index is 0.128. The van der Waals surface area contributed by atoms with Crippen molar-refractivity contribution in [3.8, 4) is 0 Å². The fourth-order valence-corrected chi connectivity index (χ4v) is 2.52. The first-order chi connectivity index (χ1) is 7.30. The minimum absolute atomic E-state index is 0.128. The molecule has 0 aliphatic rings. The van der Waals surface area contributed by atoms with Crippen molar-refractivity contribution in [2.24, 2.45) is 0 Å². The molecule has 0 spiro atoms. The quantitative estimate of drug-likeness (QED) is 0.658. The molecule has 0 saturated carbocycles. The molecule has 0 saturated heterocycles. The normalized spacial score (nSPS) is 12.4. The number of aromatic nitrogens is 2. The van der Waals surface area contributed by atoms with Gasteiger partial charge in [-0.25, -0.2) is 4.98 Å². The van der Waals surface area contributed by atoms with Gasteiger partial charge < -0.3 is 4.40 Å². The van der Waals surface area contributed by atoms with Gasteiger partial charge in [-0.2, -0.15) is 0 Å². The highest BCUT2D eigenvalue weighted by Crippen LogP contribution is 2.28. The van der Waals surface area contributed by atoms with Crippen molar-refractivity contribution in [1.29, 1.82) is 0 Å². The van der Waals surface area contributed by atoms with Gasteiger partial charge >= 0.3 is 0 Å². The maximum Gasteiger partial charge on any atom is 0.137 e. The minimum Gasteiger partial charge on any atom is -0.301 e. The molecule has 0 fully saturated rings.